The molecule has 0 saturated carbocycles. The Morgan fingerprint density at radius 3 is 2.61 bits per heavy atom. The van der Waals surface area contributed by atoms with Crippen LogP contribution in [0.3, 0.4) is 0 Å². The van der Waals surface area contributed by atoms with Gasteiger partial charge in [-0.25, -0.2) is 13.1 Å². The third-order valence-corrected chi connectivity index (χ3v) is 5.76. The van der Waals surface area contributed by atoms with Crippen LogP contribution in [0.2, 0.25) is 0 Å². The fourth-order valence-electron chi connectivity index (χ4n) is 2.83. The quantitative estimate of drug-likeness (QED) is 0.446. The van der Waals surface area contributed by atoms with Gasteiger partial charge in [-0.15, -0.1) is 6.58 Å². The molecule has 0 radical (unpaired) electrons. The van der Waals surface area contributed by atoms with Crippen LogP contribution >= 0.6 is 0 Å². The normalized spacial score (nSPS) is 11.2. The van der Waals surface area contributed by atoms with Crippen molar-refractivity contribution in [1.82, 2.24) is 10.0 Å². The third-order valence-electron chi connectivity index (χ3n) is 4.36. The molecule has 0 spiro atoms. The molecule has 0 aliphatic rings. The number of rotatable bonds is 11. The van der Waals surface area contributed by atoms with Gasteiger partial charge in [0, 0.05) is 18.7 Å². The van der Waals surface area contributed by atoms with Crippen LogP contribution in [0.15, 0.2) is 88.9 Å². The van der Waals surface area contributed by atoms with Gasteiger partial charge in [0.05, 0.1) is 17.8 Å². The Balaban J connectivity index is 1.59. The van der Waals surface area contributed by atoms with E-state index in [2.05, 4.69) is 16.6 Å². The van der Waals surface area contributed by atoms with Crippen molar-refractivity contribution in [3.63, 3.8) is 0 Å². The predicted octanol–water partition coefficient (Wildman–Crippen LogP) is 3.39. The molecular formula is C23H24N2O5S. The van der Waals surface area contributed by atoms with E-state index < -0.39 is 10.0 Å². The van der Waals surface area contributed by atoms with Crippen LogP contribution in [-0.4, -0.2) is 20.9 Å². The maximum absolute atomic E-state index is 12.7. The van der Waals surface area contributed by atoms with E-state index in [4.69, 9.17) is 9.15 Å². The Kier molecular flexibility index (Phi) is 7.77. The van der Waals surface area contributed by atoms with E-state index in [0.717, 1.165) is 16.9 Å². The lowest BCUT2D eigenvalue weighted by Crippen LogP contribution is -2.25. The highest BCUT2D eigenvalue weighted by atomic mass is 32.2. The zero-order valence-electron chi connectivity index (χ0n) is 16.9. The SMILES string of the molecule is C=CCNC(=O)c1cccc(S(=O)(=O)NCc2cccc(COCc3ccco3)c2)c1. The van der Waals surface area contributed by atoms with Crippen LogP contribution in [0.5, 0.6) is 0 Å². The molecule has 7 nitrogen and oxygen atoms in total. The molecule has 2 aromatic carbocycles. The topological polar surface area (TPSA) is 97.6 Å². The molecule has 162 valence electrons. The molecule has 0 saturated heterocycles. The summed E-state index contributed by atoms with van der Waals surface area (Å²) in [5, 5.41) is 2.63. The van der Waals surface area contributed by atoms with Crippen molar-refractivity contribution in [2.24, 2.45) is 0 Å². The van der Waals surface area contributed by atoms with Gasteiger partial charge in [-0.2, -0.15) is 0 Å². The van der Waals surface area contributed by atoms with Gasteiger partial charge >= 0.3 is 0 Å². The van der Waals surface area contributed by atoms with Gasteiger partial charge in [0.15, 0.2) is 0 Å². The van der Waals surface area contributed by atoms with E-state index in [0.29, 0.717) is 19.8 Å². The summed E-state index contributed by atoms with van der Waals surface area (Å²) in [6.45, 7) is 4.69. The summed E-state index contributed by atoms with van der Waals surface area (Å²) in [6, 6.07) is 17.0. The summed E-state index contributed by atoms with van der Waals surface area (Å²) in [5.41, 5.74) is 1.98. The summed E-state index contributed by atoms with van der Waals surface area (Å²) in [4.78, 5) is 12.1. The summed E-state index contributed by atoms with van der Waals surface area (Å²) in [6.07, 6.45) is 3.14. The standard InChI is InChI=1S/C23H24N2O5S/c1-2-11-24-23(26)20-8-4-10-22(14-20)31(27,28)25-15-18-6-3-7-19(13-18)16-29-17-21-9-5-12-30-21/h2-10,12-14,25H,1,11,15-17H2,(H,24,26). The molecule has 3 rings (SSSR count). The number of carbonyl (C=O) groups excluding carboxylic acids is 1. The Bertz CT molecular complexity index is 1120. The maximum Gasteiger partial charge on any atom is 0.251 e. The van der Waals surface area contributed by atoms with E-state index >= 15 is 0 Å². The van der Waals surface area contributed by atoms with Gasteiger partial charge in [0.25, 0.3) is 5.91 Å². The number of hydrogen-bond donors (Lipinski definition) is 2. The van der Waals surface area contributed by atoms with E-state index in [1.807, 2.05) is 30.3 Å². The van der Waals surface area contributed by atoms with Gasteiger partial charge in [-0.3, -0.25) is 4.79 Å². The molecule has 1 amide bonds. The highest BCUT2D eigenvalue weighted by molar-refractivity contribution is 7.89. The molecule has 0 unspecified atom stereocenters. The number of hydrogen-bond acceptors (Lipinski definition) is 5. The number of benzene rings is 2. The molecular weight excluding hydrogens is 416 g/mol. The summed E-state index contributed by atoms with van der Waals surface area (Å²) in [5.74, 6) is 0.378. The fourth-order valence-corrected chi connectivity index (χ4v) is 3.89. The van der Waals surface area contributed by atoms with Gasteiger partial charge in [0.1, 0.15) is 12.4 Å². The molecule has 3 aromatic rings. The minimum atomic E-state index is -3.79. The average Bonchev–Trinajstić information content (AvgIpc) is 3.30. The third kappa shape index (κ3) is 6.65. The Morgan fingerprint density at radius 1 is 1.03 bits per heavy atom. The first kappa shape index (κ1) is 22.5. The lowest BCUT2D eigenvalue weighted by molar-refractivity contribution is 0.0929. The largest absolute Gasteiger partial charge is 0.467 e. The Hall–Kier alpha value is -3.20. The smallest absolute Gasteiger partial charge is 0.251 e. The fraction of sp³-hybridized carbons (Fsp3) is 0.174. The molecule has 0 bridgehead atoms. The first-order chi connectivity index (χ1) is 15.0. The molecule has 1 heterocycles. The first-order valence-corrected chi connectivity index (χ1v) is 11.1. The van der Waals surface area contributed by atoms with Crippen molar-refractivity contribution in [3.8, 4) is 0 Å². The first-order valence-electron chi connectivity index (χ1n) is 9.65. The maximum atomic E-state index is 12.7. The minimum Gasteiger partial charge on any atom is -0.467 e. The second-order valence-electron chi connectivity index (χ2n) is 6.74. The molecule has 8 heteroatoms. The van der Waals surface area contributed by atoms with E-state index in [9.17, 15) is 13.2 Å². The van der Waals surface area contributed by atoms with Crippen LogP contribution in [0.25, 0.3) is 0 Å². The van der Waals surface area contributed by atoms with Crippen molar-refractivity contribution in [1.29, 1.82) is 0 Å². The van der Waals surface area contributed by atoms with Crippen LogP contribution in [0.1, 0.15) is 27.2 Å². The molecule has 0 fully saturated rings. The van der Waals surface area contributed by atoms with Crippen molar-refractivity contribution < 1.29 is 22.4 Å². The predicted molar refractivity (Wildman–Crippen MR) is 117 cm³/mol. The minimum absolute atomic E-state index is 0.0247. The number of nitrogens with one attached hydrogen (secondary N) is 2. The lowest BCUT2D eigenvalue weighted by Gasteiger charge is -2.10. The molecule has 1 aromatic heterocycles. The zero-order chi connectivity index (χ0) is 22.1. The summed E-state index contributed by atoms with van der Waals surface area (Å²) in [7, 11) is -3.79. The van der Waals surface area contributed by atoms with Gasteiger partial charge in [0.2, 0.25) is 10.0 Å². The van der Waals surface area contributed by atoms with E-state index in [1.165, 1.54) is 18.2 Å². The number of carbonyl (C=O) groups is 1. The highest BCUT2D eigenvalue weighted by Crippen LogP contribution is 2.14. The van der Waals surface area contributed by atoms with E-state index in [-0.39, 0.29) is 22.9 Å². The van der Waals surface area contributed by atoms with Crippen LogP contribution in [0, 0.1) is 0 Å². The Labute approximate surface area is 181 Å². The monoisotopic (exact) mass is 440 g/mol. The van der Waals surface area contributed by atoms with Gasteiger partial charge in [-0.05, 0) is 41.5 Å². The van der Waals surface area contributed by atoms with Crippen LogP contribution in [-0.2, 0) is 34.5 Å². The molecule has 0 aliphatic heterocycles. The number of amides is 1. The second-order valence-corrected chi connectivity index (χ2v) is 8.51. The molecule has 2 N–H and O–H groups in total. The van der Waals surface area contributed by atoms with Gasteiger partial charge < -0.3 is 14.5 Å². The van der Waals surface area contributed by atoms with Gasteiger partial charge in [-0.1, -0.05) is 36.4 Å². The Morgan fingerprint density at radius 2 is 1.84 bits per heavy atom. The molecule has 31 heavy (non-hydrogen) atoms. The lowest BCUT2D eigenvalue weighted by atomic mass is 10.1. The molecule has 0 atom stereocenters. The van der Waals surface area contributed by atoms with Crippen molar-refractivity contribution in [2.45, 2.75) is 24.7 Å². The van der Waals surface area contributed by atoms with Crippen molar-refractivity contribution >= 4 is 15.9 Å². The van der Waals surface area contributed by atoms with Crippen LogP contribution < -0.4 is 10.0 Å². The van der Waals surface area contributed by atoms with Crippen LogP contribution in [0.4, 0.5) is 0 Å². The number of furan rings is 1. The average molecular weight is 441 g/mol. The number of sulfonamides is 1. The summed E-state index contributed by atoms with van der Waals surface area (Å²) < 4.78 is 38.8. The zero-order valence-corrected chi connectivity index (χ0v) is 17.7. The van der Waals surface area contributed by atoms with Crippen molar-refractivity contribution in [3.05, 3.63) is 102 Å². The molecule has 0 aliphatic carbocycles. The van der Waals surface area contributed by atoms with E-state index in [1.54, 1.807) is 24.5 Å². The highest BCUT2D eigenvalue weighted by Gasteiger charge is 2.16. The van der Waals surface area contributed by atoms with Crippen molar-refractivity contribution in [2.75, 3.05) is 6.54 Å². The summed E-state index contributed by atoms with van der Waals surface area (Å²) >= 11 is 0. The number of ether oxygens (including phenoxy) is 1. The second kappa shape index (κ2) is 10.7.